The highest BCUT2D eigenvalue weighted by atomic mass is 16.5. The van der Waals surface area contributed by atoms with Gasteiger partial charge in [-0.1, -0.05) is 0 Å². The maximum absolute atomic E-state index is 6.30. The zero-order chi connectivity index (χ0) is 16.5. The van der Waals surface area contributed by atoms with Gasteiger partial charge in [-0.15, -0.1) is 0 Å². The summed E-state index contributed by atoms with van der Waals surface area (Å²) in [5, 5.41) is 8.63. The van der Waals surface area contributed by atoms with Gasteiger partial charge in [-0.2, -0.15) is 10.2 Å². The van der Waals surface area contributed by atoms with Gasteiger partial charge >= 0.3 is 0 Å². The molecule has 130 valence electrons. The molecule has 0 N–H and O–H groups in total. The van der Waals surface area contributed by atoms with E-state index in [1.807, 2.05) is 35.9 Å². The molecule has 2 aromatic heterocycles. The van der Waals surface area contributed by atoms with Crippen molar-refractivity contribution in [2.75, 3.05) is 13.2 Å². The summed E-state index contributed by atoms with van der Waals surface area (Å²) in [7, 11) is 3.95. The molecule has 0 unspecified atom stereocenters. The molecule has 6 heteroatoms. The first kappa shape index (κ1) is 15.8. The summed E-state index contributed by atoms with van der Waals surface area (Å²) in [4.78, 5) is 2.56. The lowest BCUT2D eigenvalue weighted by Gasteiger charge is -2.27. The molecule has 1 aliphatic carbocycles. The van der Waals surface area contributed by atoms with E-state index in [2.05, 4.69) is 27.5 Å². The van der Waals surface area contributed by atoms with Crippen molar-refractivity contribution < 1.29 is 4.74 Å². The monoisotopic (exact) mass is 329 g/mol. The summed E-state index contributed by atoms with van der Waals surface area (Å²) >= 11 is 0. The van der Waals surface area contributed by atoms with Gasteiger partial charge in [0, 0.05) is 57.8 Å². The van der Waals surface area contributed by atoms with E-state index in [-0.39, 0.29) is 0 Å². The minimum atomic E-state index is 0.336. The van der Waals surface area contributed by atoms with Gasteiger partial charge in [0.25, 0.3) is 0 Å². The molecule has 0 amide bonds. The summed E-state index contributed by atoms with van der Waals surface area (Å²) in [6, 6.07) is 0.424. The highest BCUT2D eigenvalue weighted by Gasteiger charge is 2.36. The topological polar surface area (TPSA) is 48.1 Å². The van der Waals surface area contributed by atoms with Gasteiger partial charge in [-0.25, -0.2) is 0 Å². The second-order valence-electron chi connectivity index (χ2n) is 7.39. The van der Waals surface area contributed by atoms with Crippen LogP contribution >= 0.6 is 0 Å². The number of hydrogen-bond donors (Lipinski definition) is 0. The van der Waals surface area contributed by atoms with E-state index in [1.165, 1.54) is 24.0 Å². The van der Waals surface area contributed by atoms with Crippen LogP contribution in [0.2, 0.25) is 0 Å². The molecule has 1 saturated heterocycles. The summed E-state index contributed by atoms with van der Waals surface area (Å²) < 4.78 is 10.1. The largest absolute Gasteiger partial charge is 0.376 e. The molecule has 0 bridgehead atoms. The van der Waals surface area contributed by atoms with Crippen molar-refractivity contribution in [2.24, 2.45) is 20.0 Å². The molecular formula is C18H27N5O. The number of hydrogen-bond acceptors (Lipinski definition) is 4. The number of aryl methyl sites for hydroxylation is 2. The van der Waals surface area contributed by atoms with E-state index < -0.39 is 0 Å². The van der Waals surface area contributed by atoms with Crippen LogP contribution in [0.5, 0.6) is 0 Å². The molecule has 0 radical (unpaired) electrons. The van der Waals surface area contributed by atoms with Crippen LogP contribution in [0, 0.1) is 5.92 Å². The molecular weight excluding hydrogens is 302 g/mol. The van der Waals surface area contributed by atoms with E-state index in [4.69, 9.17) is 4.74 Å². The Morgan fingerprint density at radius 2 is 1.75 bits per heavy atom. The number of aromatic nitrogens is 4. The molecule has 1 aliphatic heterocycles. The quantitative estimate of drug-likeness (QED) is 0.777. The lowest BCUT2D eigenvalue weighted by atomic mass is 10.0. The van der Waals surface area contributed by atoms with Crippen molar-refractivity contribution in [3.05, 3.63) is 35.9 Å². The summed E-state index contributed by atoms with van der Waals surface area (Å²) in [5.41, 5.74) is 2.57. The highest BCUT2D eigenvalue weighted by Crippen LogP contribution is 2.32. The first-order valence-corrected chi connectivity index (χ1v) is 8.98. The van der Waals surface area contributed by atoms with Crippen LogP contribution in [-0.4, -0.2) is 49.8 Å². The number of likely N-dealkylation sites (tertiary alicyclic amines) is 1. The lowest BCUT2D eigenvalue weighted by molar-refractivity contribution is 0.0196. The lowest BCUT2D eigenvalue weighted by Crippen LogP contribution is -2.38. The Kier molecular flexibility index (Phi) is 4.41. The van der Waals surface area contributed by atoms with Crippen molar-refractivity contribution >= 4 is 0 Å². The minimum Gasteiger partial charge on any atom is -0.376 e. The third-order valence-electron chi connectivity index (χ3n) is 5.19. The molecule has 3 heterocycles. The molecule has 0 spiro atoms. The Morgan fingerprint density at radius 3 is 2.38 bits per heavy atom. The molecule has 2 aromatic rings. The molecule has 1 saturated carbocycles. The number of rotatable bonds is 7. The second kappa shape index (κ2) is 6.69. The molecule has 2 fully saturated rings. The maximum Gasteiger partial charge on any atom is 0.0745 e. The summed E-state index contributed by atoms with van der Waals surface area (Å²) in [6.07, 6.45) is 13.3. The van der Waals surface area contributed by atoms with Gasteiger partial charge in [0.05, 0.1) is 18.5 Å². The molecule has 0 aromatic carbocycles. The SMILES string of the molecule is Cn1cc(C[C@@H]2[C@H](OCC3CC3)CCN2Cc2cnn(C)c2)cn1. The van der Waals surface area contributed by atoms with Crippen LogP contribution in [0.25, 0.3) is 0 Å². The van der Waals surface area contributed by atoms with Gasteiger partial charge < -0.3 is 4.74 Å². The molecule has 6 nitrogen and oxygen atoms in total. The van der Waals surface area contributed by atoms with E-state index in [1.54, 1.807) is 0 Å². The van der Waals surface area contributed by atoms with Gasteiger partial charge in [0.1, 0.15) is 0 Å². The normalized spacial score (nSPS) is 24.8. The summed E-state index contributed by atoms with van der Waals surface area (Å²) in [5.74, 6) is 0.816. The van der Waals surface area contributed by atoms with Crippen molar-refractivity contribution in [1.29, 1.82) is 0 Å². The van der Waals surface area contributed by atoms with Gasteiger partial charge in [-0.3, -0.25) is 14.3 Å². The van der Waals surface area contributed by atoms with Crippen LogP contribution in [0.4, 0.5) is 0 Å². The second-order valence-corrected chi connectivity index (χ2v) is 7.39. The Bertz CT molecular complexity index is 675. The fourth-order valence-corrected chi connectivity index (χ4v) is 3.69. The van der Waals surface area contributed by atoms with Gasteiger partial charge in [0.2, 0.25) is 0 Å². The molecule has 2 atom stereocenters. The third kappa shape index (κ3) is 3.70. The van der Waals surface area contributed by atoms with Gasteiger partial charge in [-0.05, 0) is 37.2 Å². The zero-order valence-electron chi connectivity index (χ0n) is 14.6. The first-order chi connectivity index (χ1) is 11.7. The number of nitrogens with zero attached hydrogens (tertiary/aromatic N) is 5. The minimum absolute atomic E-state index is 0.336. The van der Waals surface area contributed by atoms with E-state index in [9.17, 15) is 0 Å². The van der Waals surface area contributed by atoms with E-state index in [0.29, 0.717) is 12.1 Å². The Hall–Kier alpha value is -1.66. The predicted molar refractivity (Wildman–Crippen MR) is 91.4 cm³/mol. The van der Waals surface area contributed by atoms with Crippen molar-refractivity contribution in [1.82, 2.24) is 24.5 Å². The Balaban J connectivity index is 1.45. The van der Waals surface area contributed by atoms with E-state index >= 15 is 0 Å². The maximum atomic E-state index is 6.30. The standard InChI is InChI=1S/C18H27N5O/c1-21-10-15(8-19-21)7-17-18(24-13-14-3-4-14)5-6-23(17)12-16-9-20-22(2)11-16/h8-11,14,17-18H,3-7,12-13H2,1-2H3/t17-,18-/m1/s1. The van der Waals surface area contributed by atoms with Crippen molar-refractivity contribution in [2.45, 2.75) is 44.4 Å². The van der Waals surface area contributed by atoms with Crippen LogP contribution in [0.3, 0.4) is 0 Å². The summed E-state index contributed by atoms with van der Waals surface area (Å²) in [6.45, 7) is 2.98. The zero-order valence-corrected chi connectivity index (χ0v) is 14.6. The van der Waals surface area contributed by atoms with Crippen LogP contribution in [-0.2, 0) is 31.8 Å². The fraction of sp³-hybridized carbons (Fsp3) is 0.667. The van der Waals surface area contributed by atoms with Crippen molar-refractivity contribution in [3.63, 3.8) is 0 Å². The van der Waals surface area contributed by atoms with Crippen LogP contribution in [0.1, 0.15) is 30.4 Å². The van der Waals surface area contributed by atoms with E-state index in [0.717, 1.165) is 38.5 Å². The fourth-order valence-electron chi connectivity index (χ4n) is 3.69. The predicted octanol–water partition coefficient (Wildman–Crippen LogP) is 1.77. The average molecular weight is 329 g/mol. The molecule has 2 aliphatic rings. The van der Waals surface area contributed by atoms with Crippen LogP contribution in [0.15, 0.2) is 24.8 Å². The Morgan fingerprint density at radius 1 is 1.04 bits per heavy atom. The molecule has 24 heavy (non-hydrogen) atoms. The van der Waals surface area contributed by atoms with Gasteiger partial charge in [0.15, 0.2) is 0 Å². The smallest absolute Gasteiger partial charge is 0.0745 e. The average Bonchev–Trinajstić information content (AvgIpc) is 2.98. The van der Waals surface area contributed by atoms with Crippen molar-refractivity contribution in [3.8, 4) is 0 Å². The van der Waals surface area contributed by atoms with Crippen LogP contribution < -0.4 is 0 Å². The number of ether oxygens (including phenoxy) is 1. The highest BCUT2D eigenvalue weighted by molar-refractivity contribution is 5.11. The first-order valence-electron chi connectivity index (χ1n) is 8.98. The molecule has 4 rings (SSSR count). The third-order valence-corrected chi connectivity index (χ3v) is 5.19. The Labute approximate surface area is 143 Å².